The molecule has 0 spiro atoms. The van der Waals surface area contributed by atoms with Crippen molar-refractivity contribution in [3.63, 3.8) is 0 Å². The number of hydrogen-bond acceptors (Lipinski definition) is 7. The molecular weight excluding hydrogens is 567 g/mol. The fourth-order valence-electron chi connectivity index (χ4n) is 4.68. The van der Waals surface area contributed by atoms with Gasteiger partial charge < -0.3 is 14.6 Å². The molecule has 1 saturated heterocycles. The van der Waals surface area contributed by atoms with E-state index in [9.17, 15) is 23.1 Å². The number of halogens is 4. The number of nitrogens with zero attached hydrogens (tertiary/aromatic N) is 2. The van der Waals surface area contributed by atoms with E-state index >= 15 is 0 Å². The average Bonchev–Trinajstić information content (AvgIpc) is 3.28. The maximum atomic E-state index is 13.6. The third kappa shape index (κ3) is 6.33. The molecule has 40 heavy (non-hydrogen) atoms. The van der Waals surface area contributed by atoms with Crippen molar-refractivity contribution in [1.29, 1.82) is 0 Å². The van der Waals surface area contributed by atoms with Crippen LogP contribution in [0, 0.1) is 0 Å². The van der Waals surface area contributed by atoms with Crippen molar-refractivity contribution in [3.05, 3.63) is 76.3 Å². The number of rotatable bonds is 6. The number of aromatic nitrogens is 1. The number of nitrogens with one attached hydrogen (secondary N) is 1. The number of thiazole rings is 1. The number of alkyl halides is 3. The van der Waals surface area contributed by atoms with Crippen LogP contribution in [-0.2, 0) is 17.5 Å². The highest BCUT2D eigenvalue weighted by atomic mass is 35.5. The normalized spacial score (nSPS) is 18.1. The maximum Gasteiger partial charge on any atom is 0.416 e. The molecule has 2 unspecified atom stereocenters. The van der Waals surface area contributed by atoms with E-state index < -0.39 is 17.6 Å². The van der Waals surface area contributed by atoms with Gasteiger partial charge in [0.15, 0.2) is 10.9 Å². The first-order chi connectivity index (χ1) is 19.0. The zero-order valence-corrected chi connectivity index (χ0v) is 23.0. The summed E-state index contributed by atoms with van der Waals surface area (Å²) in [6.07, 6.45) is -4.59. The summed E-state index contributed by atoms with van der Waals surface area (Å²) in [7, 11) is 0. The average molecular weight is 592 g/mol. The Morgan fingerprint density at radius 3 is 2.55 bits per heavy atom. The molecule has 5 rings (SSSR count). The van der Waals surface area contributed by atoms with Gasteiger partial charge in [-0.05, 0) is 50.2 Å². The lowest BCUT2D eigenvalue weighted by atomic mass is 10.1. The van der Waals surface area contributed by atoms with Gasteiger partial charge in [0.2, 0.25) is 0 Å². The largest absolute Gasteiger partial charge is 0.507 e. The van der Waals surface area contributed by atoms with Gasteiger partial charge in [0.25, 0.3) is 5.91 Å². The molecule has 3 aromatic carbocycles. The van der Waals surface area contributed by atoms with Gasteiger partial charge in [0.1, 0.15) is 17.0 Å². The molecule has 12 heteroatoms. The molecule has 4 aromatic rings. The van der Waals surface area contributed by atoms with E-state index in [0.717, 1.165) is 23.5 Å². The van der Waals surface area contributed by atoms with Gasteiger partial charge in [0, 0.05) is 30.2 Å². The van der Waals surface area contributed by atoms with Crippen molar-refractivity contribution in [2.24, 2.45) is 0 Å². The van der Waals surface area contributed by atoms with Crippen LogP contribution >= 0.6 is 22.9 Å². The van der Waals surface area contributed by atoms with Crippen LogP contribution in [0.2, 0.25) is 5.02 Å². The molecule has 210 valence electrons. The predicted molar refractivity (Wildman–Crippen MR) is 147 cm³/mol. The van der Waals surface area contributed by atoms with Crippen LogP contribution in [0.3, 0.4) is 0 Å². The standard InChI is InChI=1S/C28H25ClF3N3O4S/c1-15-12-35(13-16(2)38-15)14-17-8-19(29)11-21(25(17)36)26(37)34-27-33-24-22(39-20-6-4-3-5-7-20)9-18(28(30,31)32)10-23(24)40-27/h3-11,15-16,36H,12-14H2,1-2H3,(H,33,34,37). The molecule has 1 fully saturated rings. The molecule has 1 amide bonds. The van der Waals surface area contributed by atoms with Gasteiger partial charge in [-0.3, -0.25) is 15.0 Å². The van der Waals surface area contributed by atoms with Gasteiger partial charge in [-0.2, -0.15) is 13.2 Å². The van der Waals surface area contributed by atoms with Gasteiger partial charge in [-0.15, -0.1) is 0 Å². The third-order valence-corrected chi connectivity index (χ3v) is 7.40. The van der Waals surface area contributed by atoms with Crippen molar-refractivity contribution in [1.82, 2.24) is 9.88 Å². The number of phenolic OH excluding ortho intramolecular Hbond substituents is 1. The number of phenols is 1. The first-order valence-corrected chi connectivity index (χ1v) is 13.6. The van der Waals surface area contributed by atoms with E-state index in [2.05, 4.69) is 15.2 Å². The molecule has 0 radical (unpaired) electrons. The molecule has 1 aliphatic rings. The second-order valence-electron chi connectivity index (χ2n) is 9.62. The second-order valence-corrected chi connectivity index (χ2v) is 11.1. The van der Waals surface area contributed by atoms with E-state index in [1.54, 1.807) is 36.4 Å². The number of morpholine rings is 1. The Morgan fingerprint density at radius 2 is 1.88 bits per heavy atom. The first-order valence-electron chi connectivity index (χ1n) is 12.4. The summed E-state index contributed by atoms with van der Waals surface area (Å²) >= 11 is 7.15. The minimum Gasteiger partial charge on any atom is -0.507 e. The van der Waals surface area contributed by atoms with Crippen molar-refractivity contribution >= 4 is 44.2 Å². The number of ether oxygens (including phenoxy) is 2. The molecule has 2 atom stereocenters. The highest BCUT2D eigenvalue weighted by Crippen LogP contribution is 2.41. The minimum atomic E-state index is -4.62. The third-order valence-electron chi connectivity index (χ3n) is 6.27. The van der Waals surface area contributed by atoms with Crippen LogP contribution < -0.4 is 10.1 Å². The molecular formula is C28H25ClF3N3O4S. The fourth-order valence-corrected chi connectivity index (χ4v) is 5.84. The lowest BCUT2D eigenvalue weighted by Crippen LogP contribution is -2.44. The Bertz CT molecular complexity index is 1540. The topological polar surface area (TPSA) is 83.9 Å². The SMILES string of the molecule is CC1CN(Cc2cc(Cl)cc(C(=O)Nc3nc4c(Oc5ccccc5)cc(C(F)(F)F)cc4s3)c2O)CC(C)O1. The molecule has 2 heterocycles. The summed E-state index contributed by atoms with van der Waals surface area (Å²) in [5.41, 5.74) is -0.357. The Hall–Kier alpha value is -3.38. The predicted octanol–water partition coefficient (Wildman–Crippen LogP) is 7.33. The van der Waals surface area contributed by atoms with Crippen molar-refractivity contribution in [3.8, 4) is 17.2 Å². The van der Waals surface area contributed by atoms with Crippen LogP contribution in [-0.4, -0.2) is 46.2 Å². The molecule has 0 saturated carbocycles. The Labute approximate surface area is 237 Å². The second kappa shape index (κ2) is 11.2. The first kappa shape index (κ1) is 28.2. The summed E-state index contributed by atoms with van der Waals surface area (Å²) in [5, 5.41) is 13.8. The number of carbonyl (C=O) groups excluding carboxylic acids is 1. The molecule has 0 aliphatic carbocycles. The molecule has 0 bridgehead atoms. The summed E-state index contributed by atoms with van der Waals surface area (Å²) in [6, 6.07) is 13.1. The number of fused-ring (bicyclic) bond motifs is 1. The number of carbonyl (C=O) groups is 1. The van der Waals surface area contributed by atoms with E-state index in [1.807, 2.05) is 13.8 Å². The van der Waals surface area contributed by atoms with Crippen molar-refractivity contribution in [2.75, 3.05) is 18.4 Å². The maximum absolute atomic E-state index is 13.6. The van der Waals surface area contributed by atoms with E-state index in [4.69, 9.17) is 21.1 Å². The molecule has 1 aliphatic heterocycles. The lowest BCUT2D eigenvalue weighted by molar-refractivity contribution is -0.137. The van der Waals surface area contributed by atoms with Crippen LogP contribution in [0.15, 0.2) is 54.6 Å². The highest BCUT2D eigenvalue weighted by Gasteiger charge is 2.33. The monoisotopic (exact) mass is 591 g/mol. The number of anilines is 1. The fraction of sp³-hybridized carbons (Fsp3) is 0.286. The Morgan fingerprint density at radius 1 is 1.18 bits per heavy atom. The molecule has 2 N–H and O–H groups in total. The van der Waals surface area contributed by atoms with Crippen LogP contribution in [0.25, 0.3) is 10.2 Å². The quantitative estimate of drug-likeness (QED) is 0.244. The zero-order valence-electron chi connectivity index (χ0n) is 21.5. The number of aromatic hydroxyl groups is 1. The van der Waals surface area contributed by atoms with Crippen LogP contribution in [0.1, 0.15) is 35.3 Å². The van der Waals surface area contributed by atoms with Crippen LogP contribution in [0.5, 0.6) is 17.2 Å². The summed E-state index contributed by atoms with van der Waals surface area (Å²) in [4.78, 5) is 19.6. The highest BCUT2D eigenvalue weighted by molar-refractivity contribution is 7.22. The Balaban J connectivity index is 1.43. The lowest BCUT2D eigenvalue weighted by Gasteiger charge is -2.35. The van der Waals surface area contributed by atoms with Gasteiger partial charge in [-0.1, -0.05) is 41.1 Å². The minimum absolute atomic E-state index is 0.0144. The van der Waals surface area contributed by atoms with Crippen LogP contribution in [0.4, 0.5) is 18.3 Å². The zero-order chi connectivity index (χ0) is 28.6. The van der Waals surface area contributed by atoms with E-state index in [-0.39, 0.29) is 49.6 Å². The summed E-state index contributed by atoms with van der Waals surface area (Å²) < 4.78 is 52.5. The van der Waals surface area contributed by atoms with Gasteiger partial charge >= 0.3 is 6.18 Å². The number of benzene rings is 3. The van der Waals surface area contributed by atoms with Crippen molar-refractivity contribution < 1.29 is 32.5 Å². The van der Waals surface area contributed by atoms with Gasteiger partial charge in [0.05, 0.1) is 28.0 Å². The molecule has 7 nitrogen and oxygen atoms in total. The Kier molecular flexibility index (Phi) is 7.92. The number of amides is 1. The summed E-state index contributed by atoms with van der Waals surface area (Å²) in [5.74, 6) is -0.704. The van der Waals surface area contributed by atoms with E-state index in [1.165, 1.54) is 6.07 Å². The summed E-state index contributed by atoms with van der Waals surface area (Å²) in [6.45, 7) is 5.58. The van der Waals surface area contributed by atoms with E-state index in [0.29, 0.717) is 30.9 Å². The number of hydrogen-bond donors (Lipinski definition) is 2. The smallest absolute Gasteiger partial charge is 0.416 e. The van der Waals surface area contributed by atoms with Crippen molar-refractivity contribution in [2.45, 2.75) is 38.8 Å². The van der Waals surface area contributed by atoms with Gasteiger partial charge in [-0.25, -0.2) is 4.98 Å². The number of para-hydroxylation sites is 1. The molecule has 1 aromatic heterocycles.